The highest BCUT2D eigenvalue weighted by Crippen LogP contribution is 2.12. The van der Waals surface area contributed by atoms with Crippen LogP contribution in [0.15, 0.2) is 24.5 Å². The third-order valence-corrected chi connectivity index (χ3v) is 2.54. The molecule has 0 aliphatic rings. The second-order valence-electron chi connectivity index (χ2n) is 3.64. The summed E-state index contributed by atoms with van der Waals surface area (Å²) in [5.74, 6) is -0.0179. The molecule has 0 fully saturated rings. The molecule has 2 heterocycles. The predicted octanol–water partition coefficient (Wildman–Crippen LogP) is 1.03. The monoisotopic (exact) mass is 234 g/mol. The number of hydrogen-bond acceptors (Lipinski definition) is 4. The Morgan fingerprint density at radius 2 is 2.35 bits per heavy atom. The minimum atomic E-state index is -0.797. The number of nitrogens with zero attached hydrogens (tertiary/aromatic N) is 4. The van der Waals surface area contributed by atoms with Crippen molar-refractivity contribution in [3.8, 4) is 0 Å². The fourth-order valence-corrected chi connectivity index (χ4v) is 1.64. The molecule has 0 bridgehead atoms. The summed E-state index contributed by atoms with van der Waals surface area (Å²) >= 11 is 0. The molecule has 0 atom stereocenters. The molecule has 6 nitrogen and oxygen atoms in total. The van der Waals surface area contributed by atoms with Gasteiger partial charge < -0.3 is 10.0 Å². The number of aromatic nitrogens is 3. The highest BCUT2D eigenvalue weighted by atomic mass is 16.4. The third kappa shape index (κ3) is 2.52. The predicted molar refractivity (Wildman–Crippen MR) is 63.1 cm³/mol. The maximum atomic E-state index is 10.6. The highest BCUT2D eigenvalue weighted by molar-refractivity contribution is 5.67. The smallest absolute Gasteiger partial charge is 0.305 e. The molecular weight excluding hydrogens is 220 g/mol. The Labute approximate surface area is 98.5 Å². The van der Waals surface area contributed by atoms with Crippen molar-refractivity contribution in [1.29, 1.82) is 0 Å². The summed E-state index contributed by atoms with van der Waals surface area (Å²) in [4.78, 5) is 16.9. The van der Waals surface area contributed by atoms with E-state index in [9.17, 15) is 4.79 Å². The van der Waals surface area contributed by atoms with Crippen molar-refractivity contribution in [2.24, 2.45) is 0 Å². The molecule has 6 heteroatoms. The van der Waals surface area contributed by atoms with E-state index in [0.717, 1.165) is 18.0 Å². The van der Waals surface area contributed by atoms with Crippen molar-refractivity contribution in [3.05, 3.63) is 24.5 Å². The fraction of sp³-hybridized carbons (Fsp3) is 0.364. The standard InChI is InChI=1S/C11H14N4O2/c1-2-14(7-5-11(16)17)9-4-8-15-10(13-9)3-6-12-15/h3-4,6,8H,2,5,7H2,1H3,(H,16,17). The van der Waals surface area contributed by atoms with E-state index < -0.39 is 5.97 Å². The van der Waals surface area contributed by atoms with E-state index in [1.165, 1.54) is 0 Å². The normalized spacial score (nSPS) is 10.6. The van der Waals surface area contributed by atoms with Crippen LogP contribution in [0.25, 0.3) is 5.65 Å². The first kappa shape index (κ1) is 11.4. The van der Waals surface area contributed by atoms with Gasteiger partial charge in [-0.2, -0.15) is 5.10 Å². The van der Waals surface area contributed by atoms with Gasteiger partial charge in [0.15, 0.2) is 5.65 Å². The molecule has 2 rings (SSSR count). The lowest BCUT2D eigenvalue weighted by molar-refractivity contribution is -0.136. The van der Waals surface area contributed by atoms with Gasteiger partial charge in [-0.05, 0) is 13.0 Å². The molecule has 1 N–H and O–H groups in total. The number of fused-ring (bicyclic) bond motifs is 1. The molecule has 0 saturated heterocycles. The topological polar surface area (TPSA) is 70.7 Å². The van der Waals surface area contributed by atoms with Gasteiger partial charge in [0.2, 0.25) is 0 Å². The van der Waals surface area contributed by atoms with Crippen LogP contribution in [-0.2, 0) is 4.79 Å². The molecular formula is C11H14N4O2. The largest absolute Gasteiger partial charge is 0.481 e. The van der Waals surface area contributed by atoms with Crippen LogP contribution >= 0.6 is 0 Å². The highest BCUT2D eigenvalue weighted by Gasteiger charge is 2.08. The summed E-state index contributed by atoms with van der Waals surface area (Å²) in [5, 5.41) is 12.7. The van der Waals surface area contributed by atoms with Crippen LogP contribution < -0.4 is 4.90 Å². The zero-order valence-electron chi connectivity index (χ0n) is 9.58. The number of carboxylic acids is 1. The van der Waals surface area contributed by atoms with Gasteiger partial charge in [0.05, 0.1) is 12.6 Å². The van der Waals surface area contributed by atoms with E-state index in [0.29, 0.717) is 6.54 Å². The Bertz CT molecular complexity index is 523. The second kappa shape index (κ2) is 4.82. The van der Waals surface area contributed by atoms with Crippen LogP contribution in [0.2, 0.25) is 0 Å². The lowest BCUT2D eigenvalue weighted by atomic mass is 10.3. The quantitative estimate of drug-likeness (QED) is 0.836. The van der Waals surface area contributed by atoms with Crippen LogP contribution in [0.5, 0.6) is 0 Å². The minimum Gasteiger partial charge on any atom is -0.481 e. The van der Waals surface area contributed by atoms with Gasteiger partial charge in [-0.15, -0.1) is 0 Å². The first-order chi connectivity index (χ1) is 8.20. The summed E-state index contributed by atoms with van der Waals surface area (Å²) in [5.41, 5.74) is 0.760. The summed E-state index contributed by atoms with van der Waals surface area (Å²) in [6.45, 7) is 3.16. The van der Waals surface area contributed by atoms with E-state index in [-0.39, 0.29) is 6.42 Å². The van der Waals surface area contributed by atoms with Crippen LogP contribution in [0.4, 0.5) is 5.82 Å². The Hall–Kier alpha value is -2.11. The van der Waals surface area contributed by atoms with Crippen molar-refractivity contribution < 1.29 is 9.90 Å². The molecule has 0 aromatic carbocycles. The summed E-state index contributed by atoms with van der Waals surface area (Å²) < 4.78 is 1.68. The van der Waals surface area contributed by atoms with Crippen molar-refractivity contribution in [3.63, 3.8) is 0 Å². The molecule has 90 valence electrons. The van der Waals surface area contributed by atoms with Gasteiger partial charge >= 0.3 is 5.97 Å². The maximum Gasteiger partial charge on any atom is 0.305 e. The van der Waals surface area contributed by atoms with E-state index in [1.807, 2.05) is 30.2 Å². The molecule has 2 aromatic rings. The number of anilines is 1. The lowest BCUT2D eigenvalue weighted by Crippen LogP contribution is -2.26. The van der Waals surface area contributed by atoms with E-state index in [1.54, 1.807) is 10.7 Å². The van der Waals surface area contributed by atoms with Crippen molar-refractivity contribution in [2.75, 3.05) is 18.0 Å². The van der Waals surface area contributed by atoms with Gasteiger partial charge in [0.1, 0.15) is 5.82 Å². The number of aliphatic carboxylic acids is 1. The molecule has 0 radical (unpaired) electrons. The lowest BCUT2D eigenvalue weighted by Gasteiger charge is -2.20. The number of carbonyl (C=O) groups is 1. The third-order valence-electron chi connectivity index (χ3n) is 2.54. The average Bonchev–Trinajstić information content (AvgIpc) is 2.76. The Kier molecular flexibility index (Phi) is 3.22. The first-order valence-electron chi connectivity index (χ1n) is 5.48. The summed E-state index contributed by atoms with van der Waals surface area (Å²) in [7, 11) is 0. The molecule has 2 aromatic heterocycles. The molecule has 0 aliphatic carbocycles. The molecule has 0 spiro atoms. The number of rotatable bonds is 5. The van der Waals surface area contributed by atoms with Gasteiger partial charge in [0.25, 0.3) is 0 Å². The Morgan fingerprint density at radius 1 is 1.53 bits per heavy atom. The van der Waals surface area contributed by atoms with E-state index in [2.05, 4.69) is 10.1 Å². The molecule has 0 saturated carbocycles. The average molecular weight is 234 g/mol. The fourth-order valence-electron chi connectivity index (χ4n) is 1.64. The van der Waals surface area contributed by atoms with E-state index >= 15 is 0 Å². The molecule has 0 amide bonds. The van der Waals surface area contributed by atoms with Crippen molar-refractivity contribution >= 4 is 17.4 Å². The van der Waals surface area contributed by atoms with Crippen LogP contribution in [0.1, 0.15) is 13.3 Å². The van der Waals surface area contributed by atoms with Gasteiger partial charge in [0, 0.05) is 25.4 Å². The van der Waals surface area contributed by atoms with Crippen LogP contribution in [-0.4, -0.2) is 38.8 Å². The second-order valence-corrected chi connectivity index (χ2v) is 3.64. The van der Waals surface area contributed by atoms with Crippen LogP contribution in [0.3, 0.4) is 0 Å². The summed E-state index contributed by atoms with van der Waals surface area (Å²) in [6, 6.07) is 3.65. The molecule has 17 heavy (non-hydrogen) atoms. The maximum absolute atomic E-state index is 10.6. The zero-order valence-corrected chi connectivity index (χ0v) is 9.58. The molecule has 0 unspecified atom stereocenters. The van der Waals surface area contributed by atoms with Crippen molar-refractivity contribution in [1.82, 2.24) is 14.6 Å². The Morgan fingerprint density at radius 3 is 3.06 bits per heavy atom. The van der Waals surface area contributed by atoms with Crippen molar-refractivity contribution in [2.45, 2.75) is 13.3 Å². The van der Waals surface area contributed by atoms with Gasteiger partial charge in [-0.3, -0.25) is 4.79 Å². The van der Waals surface area contributed by atoms with E-state index in [4.69, 9.17) is 5.11 Å². The van der Waals surface area contributed by atoms with Crippen LogP contribution in [0, 0.1) is 0 Å². The molecule has 0 aliphatic heterocycles. The number of carboxylic acid groups (broad SMARTS) is 1. The summed E-state index contributed by atoms with van der Waals surface area (Å²) in [6.07, 6.45) is 3.61. The van der Waals surface area contributed by atoms with Gasteiger partial charge in [-0.25, -0.2) is 9.50 Å². The minimum absolute atomic E-state index is 0.111. The number of hydrogen-bond donors (Lipinski definition) is 1. The first-order valence-corrected chi connectivity index (χ1v) is 5.48. The zero-order chi connectivity index (χ0) is 12.3. The Balaban J connectivity index is 2.20. The van der Waals surface area contributed by atoms with Gasteiger partial charge in [-0.1, -0.05) is 0 Å². The SMILES string of the molecule is CCN(CCC(=O)O)c1ccn2nccc2n1.